The van der Waals surface area contributed by atoms with Crippen LogP contribution in [-0.4, -0.2) is 10.8 Å². The summed E-state index contributed by atoms with van der Waals surface area (Å²) in [7, 11) is 0. The van der Waals surface area contributed by atoms with E-state index in [0.29, 0.717) is 0 Å². The summed E-state index contributed by atoms with van der Waals surface area (Å²) in [6.45, 7) is 4.18. The van der Waals surface area contributed by atoms with E-state index in [2.05, 4.69) is 24.9 Å². The minimum Gasteiger partial charge on any atom is -0.399 e. The number of hydrogen-bond donors (Lipinski definition) is 1. The van der Waals surface area contributed by atoms with Crippen LogP contribution in [0.3, 0.4) is 0 Å². The molecular weight excluding hydrogens is 204 g/mol. The summed E-state index contributed by atoms with van der Waals surface area (Å²) in [6.07, 6.45) is 0. The van der Waals surface area contributed by atoms with E-state index in [1.165, 1.54) is 5.57 Å². The number of rotatable bonds is 1. The average molecular weight is 218 g/mol. The van der Waals surface area contributed by atoms with Crippen molar-refractivity contribution in [2.45, 2.75) is 13.8 Å². The molecule has 1 aliphatic rings. The minimum atomic E-state index is 0.791. The number of benzene rings is 1. The maximum absolute atomic E-state index is 5.75. The highest BCUT2D eigenvalue weighted by atomic mass is 32.2. The Morgan fingerprint density at radius 1 is 1.33 bits per heavy atom. The van der Waals surface area contributed by atoms with Gasteiger partial charge in [0.2, 0.25) is 0 Å². The topological polar surface area (TPSA) is 38.4 Å². The van der Waals surface area contributed by atoms with Gasteiger partial charge in [0.1, 0.15) is 5.04 Å². The zero-order chi connectivity index (χ0) is 10.8. The van der Waals surface area contributed by atoms with Gasteiger partial charge in [-0.05, 0) is 31.6 Å². The molecule has 2 N–H and O–H groups in total. The van der Waals surface area contributed by atoms with Gasteiger partial charge in [-0.3, -0.25) is 0 Å². The predicted octanol–water partition coefficient (Wildman–Crippen LogP) is 3.06. The first-order valence-electron chi connectivity index (χ1n) is 4.90. The third-order valence-corrected chi connectivity index (χ3v) is 3.62. The Morgan fingerprint density at radius 3 is 2.80 bits per heavy atom. The normalized spacial score (nSPS) is 16.5. The largest absolute Gasteiger partial charge is 0.399 e. The molecule has 78 valence electrons. The summed E-state index contributed by atoms with van der Waals surface area (Å²) in [5.41, 5.74) is 10.1. The number of anilines is 1. The Balaban J connectivity index is 2.37. The first kappa shape index (κ1) is 10.3. The molecule has 0 bridgehead atoms. The molecule has 0 atom stereocenters. The third kappa shape index (κ3) is 2.23. The van der Waals surface area contributed by atoms with Crippen LogP contribution in [-0.2, 0) is 0 Å². The lowest BCUT2D eigenvalue weighted by Gasteiger charge is -2.14. The second-order valence-corrected chi connectivity index (χ2v) is 4.66. The van der Waals surface area contributed by atoms with Crippen molar-refractivity contribution < 1.29 is 0 Å². The Bertz CT molecular complexity index is 447. The molecule has 0 fully saturated rings. The van der Waals surface area contributed by atoms with E-state index in [9.17, 15) is 0 Å². The summed E-state index contributed by atoms with van der Waals surface area (Å²) in [4.78, 5) is 4.58. The lowest BCUT2D eigenvalue weighted by atomic mass is 10.2. The summed E-state index contributed by atoms with van der Waals surface area (Å²) >= 11 is 1.77. The minimum absolute atomic E-state index is 0.791. The van der Waals surface area contributed by atoms with Gasteiger partial charge < -0.3 is 5.73 Å². The van der Waals surface area contributed by atoms with Gasteiger partial charge >= 0.3 is 0 Å². The van der Waals surface area contributed by atoms with Crippen LogP contribution in [0.5, 0.6) is 0 Å². The lowest BCUT2D eigenvalue weighted by Crippen LogP contribution is -2.04. The molecule has 0 amide bonds. The van der Waals surface area contributed by atoms with Gasteiger partial charge in [0.25, 0.3) is 0 Å². The van der Waals surface area contributed by atoms with E-state index >= 15 is 0 Å². The standard InChI is InChI=1S/C12H14N2S/c1-8-7-15-12(14-9(8)2)10-4-3-5-11(13)6-10/h3-6H,7,13H2,1-2H3. The molecule has 0 radical (unpaired) electrons. The maximum atomic E-state index is 5.75. The monoisotopic (exact) mass is 218 g/mol. The third-order valence-electron chi connectivity index (χ3n) is 2.45. The highest BCUT2D eigenvalue weighted by molar-refractivity contribution is 8.14. The summed E-state index contributed by atoms with van der Waals surface area (Å²) in [5.74, 6) is 1.03. The SMILES string of the molecule is CC1=C(C)N=C(c2cccc(N)c2)SC1. The number of nitrogens with two attached hydrogens (primary N) is 1. The Labute approximate surface area is 94.3 Å². The molecule has 0 unspecified atom stereocenters. The molecule has 1 aliphatic heterocycles. The van der Waals surface area contributed by atoms with Gasteiger partial charge in [-0.15, -0.1) is 11.8 Å². The number of allylic oxidation sites excluding steroid dienone is 1. The summed E-state index contributed by atoms with van der Waals surface area (Å²) in [6, 6.07) is 7.88. The quantitative estimate of drug-likeness (QED) is 0.736. The molecule has 0 aliphatic carbocycles. The van der Waals surface area contributed by atoms with Gasteiger partial charge in [0, 0.05) is 22.7 Å². The molecule has 0 saturated heterocycles. The first-order valence-corrected chi connectivity index (χ1v) is 5.89. The number of nitrogens with zero attached hydrogens (tertiary/aromatic N) is 1. The highest BCUT2D eigenvalue weighted by Crippen LogP contribution is 2.25. The van der Waals surface area contributed by atoms with Crippen LogP contribution in [0.1, 0.15) is 19.4 Å². The molecule has 3 heteroatoms. The van der Waals surface area contributed by atoms with Gasteiger partial charge in [0.05, 0.1) is 0 Å². The fraction of sp³-hybridized carbons (Fsp3) is 0.250. The Morgan fingerprint density at radius 2 is 2.13 bits per heavy atom. The molecule has 0 saturated carbocycles. The first-order chi connectivity index (χ1) is 7.16. The van der Waals surface area contributed by atoms with Crippen molar-refractivity contribution in [1.82, 2.24) is 0 Å². The number of thioether (sulfide) groups is 1. The maximum Gasteiger partial charge on any atom is 0.104 e. The van der Waals surface area contributed by atoms with Gasteiger partial charge in [-0.1, -0.05) is 12.1 Å². The fourth-order valence-corrected chi connectivity index (χ4v) is 2.44. The van der Waals surface area contributed by atoms with Crippen molar-refractivity contribution in [2.24, 2.45) is 4.99 Å². The lowest BCUT2D eigenvalue weighted by molar-refractivity contribution is 1.19. The summed E-state index contributed by atoms with van der Waals surface area (Å²) in [5, 5.41) is 1.07. The van der Waals surface area contributed by atoms with Crippen molar-refractivity contribution in [1.29, 1.82) is 0 Å². The van der Waals surface area contributed by atoms with Crippen LogP contribution in [0.15, 0.2) is 40.5 Å². The van der Waals surface area contributed by atoms with E-state index in [-0.39, 0.29) is 0 Å². The van der Waals surface area contributed by atoms with Crippen LogP contribution in [0.2, 0.25) is 0 Å². The molecule has 1 aromatic carbocycles. The molecule has 15 heavy (non-hydrogen) atoms. The van der Waals surface area contributed by atoms with E-state index in [1.54, 1.807) is 11.8 Å². The fourth-order valence-electron chi connectivity index (χ4n) is 1.38. The highest BCUT2D eigenvalue weighted by Gasteiger charge is 2.11. The van der Waals surface area contributed by atoms with Gasteiger partial charge in [0.15, 0.2) is 0 Å². The van der Waals surface area contributed by atoms with Crippen LogP contribution < -0.4 is 5.73 Å². The van der Waals surface area contributed by atoms with E-state index < -0.39 is 0 Å². The molecular formula is C12H14N2S. The number of nitrogen functional groups attached to an aromatic ring is 1. The second-order valence-electron chi connectivity index (χ2n) is 3.70. The van der Waals surface area contributed by atoms with Gasteiger partial charge in [-0.2, -0.15) is 0 Å². The Hall–Kier alpha value is -1.22. The van der Waals surface area contributed by atoms with E-state index in [4.69, 9.17) is 5.73 Å². The van der Waals surface area contributed by atoms with E-state index in [1.807, 2.05) is 18.2 Å². The van der Waals surface area contributed by atoms with Crippen LogP contribution in [0, 0.1) is 0 Å². The molecule has 2 rings (SSSR count). The number of hydrogen-bond acceptors (Lipinski definition) is 3. The molecule has 0 aromatic heterocycles. The number of aliphatic imine (C=N–C) groups is 1. The molecule has 1 heterocycles. The van der Waals surface area contributed by atoms with Crippen LogP contribution in [0.4, 0.5) is 5.69 Å². The zero-order valence-electron chi connectivity index (χ0n) is 8.95. The second kappa shape index (κ2) is 4.11. The van der Waals surface area contributed by atoms with Gasteiger partial charge in [-0.25, -0.2) is 4.99 Å². The van der Waals surface area contributed by atoms with Crippen molar-refractivity contribution in [3.8, 4) is 0 Å². The van der Waals surface area contributed by atoms with Crippen LogP contribution in [0.25, 0.3) is 0 Å². The van der Waals surface area contributed by atoms with Crippen molar-refractivity contribution >= 4 is 22.5 Å². The van der Waals surface area contributed by atoms with Crippen molar-refractivity contribution in [3.63, 3.8) is 0 Å². The van der Waals surface area contributed by atoms with Crippen molar-refractivity contribution in [3.05, 3.63) is 41.1 Å². The predicted molar refractivity (Wildman–Crippen MR) is 68.2 cm³/mol. The van der Waals surface area contributed by atoms with Crippen molar-refractivity contribution in [2.75, 3.05) is 11.5 Å². The zero-order valence-corrected chi connectivity index (χ0v) is 9.77. The molecule has 1 aromatic rings. The molecule has 0 spiro atoms. The molecule has 2 nitrogen and oxygen atoms in total. The smallest absolute Gasteiger partial charge is 0.104 e. The Kier molecular flexibility index (Phi) is 2.82. The summed E-state index contributed by atoms with van der Waals surface area (Å²) < 4.78 is 0. The average Bonchev–Trinajstić information content (AvgIpc) is 2.22. The van der Waals surface area contributed by atoms with Crippen LogP contribution >= 0.6 is 11.8 Å². The van der Waals surface area contributed by atoms with E-state index in [0.717, 1.165) is 27.7 Å².